The molecule has 0 radical (unpaired) electrons. The minimum atomic E-state index is -1.18. The number of amides is 4. The van der Waals surface area contributed by atoms with Crippen molar-refractivity contribution < 1.29 is 29.1 Å². The summed E-state index contributed by atoms with van der Waals surface area (Å²) in [6.45, 7) is 1.42. The van der Waals surface area contributed by atoms with E-state index < -0.39 is 41.7 Å². The maximum atomic E-state index is 13.2. The van der Waals surface area contributed by atoms with E-state index in [4.69, 9.17) is 22.3 Å². The fraction of sp³-hybridized carbons (Fsp3) is 0.348. The number of primary amides is 1. The van der Waals surface area contributed by atoms with Gasteiger partial charge in [-0.1, -0.05) is 18.2 Å². The Kier molecular flexibility index (Phi) is 10.3. The van der Waals surface area contributed by atoms with Crippen molar-refractivity contribution in [3.05, 3.63) is 36.0 Å². The Labute approximate surface area is 212 Å². The van der Waals surface area contributed by atoms with E-state index in [9.17, 15) is 24.0 Å². The number of aliphatic imine (C=N–C) groups is 1. The van der Waals surface area contributed by atoms with Crippen molar-refractivity contribution in [2.24, 2.45) is 22.2 Å². The number of aromatic nitrogens is 1. The molecule has 14 heteroatoms. The molecular formula is C23H30N8O6. The Bertz CT molecular complexity index is 1210. The highest BCUT2D eigenvalue weighted by atomic mass is 16.4. The maximum absolute atomic E-state index is 13.2. The predicted molar refractivity (Wildman–Crippen MR) is 135 cm³/mol. The van der Waals surface area contributed by atoms with Crippen molar-refractivity contribution in [2.45, 2.75) is 44.7 Å². The van der Waals surface area contributed by atoms with Crippen LogP contribution in [0, 0.1) is 0 Å². The molecule has 14 nitrogen and oxygen atoms in total. The lowest BCUT2D eigenvalue weighted by molar-refractivity contribution is -0.137. The highest BCUT2D eigenvalue weighted by Gasteiger charge is 2.26. The Morgan fingerprint density at radius 2 is 1.73 bits per heavy atom. The molecule has 4 amide bonds. The van der Waals surface area contributed by atoms with Gasteiger partial charge in [0.2, 0.25) is 17.7 Å². The molecule has 0 bridgehead atoms. The monoisotopic (exact) mass is 514 g/mol. The minimum Gasteiger partial charge on any atom is -0.481 e. The largest absolute Gasteiger partial charge is 0.481 e. The summed E-state index contributed by atoms with van der Waals surface area (Å²) in [6.07, 6.45) is 1.19. The zero-order valence-corrected chi connectivity index (χ0v) is 20.2. The van der Waals surface area contributed by atoms with E-state index in [1.807, 2.05) is 0 Å². The fourth-order valence-corrected chi connectivity index (χ4v) is 3.47. The molecule has 2 aromatic rings. The van der Waals surface area contributed by atoms with Gasteiger partial charge in [0.1, 0.15) is 12.1 Å². The Morgan fingerprint density at radius 1 is 1.03 bits per heavy atom. The van der Waals surface area contributed by atoms with Crippen LogP contribution >= 0.6 is 0 Å². The first-order valence-corrected chi connectivity index (χ1v) is 11.3. The Hall–Kier alpha value is -4.75. The van der Waals surface area contributed by atoms with Crippen LogP contribution in [0.2, 0.25) is 0 Å². The van der Waals surface area contributed by atoms with Gasteiger partial charge in [0.05, 0.1) is 16.8 Å². The first-order valence-electron chi connectivity index (χ1n) is 11.3. The van der Waals surface area contributed by atoms with Crippen LogP contribution in [-0.2, 0) is 19.2 Å². The summed E-state index contributed by atoms with van der Waals surface area (Å²) in [5.74, 6) is -4.03. The van der Waals surface area contributed by atoms with Gasteiger partial charge in [0.25, 0.3) is 5.91 Å². The Balaban J connectivity index is 2.36. The number of hydrogen-bond acceptors (Lipinski definition) is 7. The summed E-state index contributed by atoms with van der Waals surface area (Å²) in [4.78, 5) is 68.9. The molecule has 10 N–H and O–H groups in total. The number of nitrogens with zero attached hydrogens (tertiary/aromatic N) is 2. The lowest BCUT2D eigenvalue weighted by Gasteiger charge is -2.20. The summed E-state index contributed by atoms with van der Waals surface area (Å²) in [6, 6.07) is 4.45. The summed E-state index contributed by atoms with van der Waals surface area (Å²) in [7, 11) is 0. The van der Waals surface area contributed by atoms with Crippen molar-refractivity contribution in [1.29, 1.82) is 0 Å². The lowest BCUT2D eigenvalue weighted by atomic mass is 10.1. The third kappa shape index (κ3) is 8.76. The maximum Gasteiger partial charge on any atom is 0.303 e. The number of carbonyl (C=O) groups is 5. The minimum absolute atomic E-state index is 0.0673. The topological polar surface area (TPSA) is 245 Å². The number of carboxylic acids is 1. The molecule has 1 aromatic carbocycles. The van der Waals surface area contributed by atoms with Gasteiger partial charge in [-0.3, -0.25) is 33.9 Å². The predicted octanol–water partition coefficient (Wildman–Crippen LogP) is -0.820. The number of fused-ring (bicyclic) bond motifs is 1. The number of carboxylic acid groups (broad SMARTS) is 1. The average molecular weight is 515 g/mol. The zero-order chi connectivity index (χ0) is 27.5. The van der Waals surface area contributed by atoms with E-state index in [0.717, 1.165) is 0 Å². The molecule has 2 atom stereocenters. The van der Waals surface area contributed by atoms with Crippen molar-refractivity contribution in [1.82, 2.24) is 15.6 Å². The molecule has 0 unspecified atom stereocenters. The van der Waals surface area contributed by atoms with Gasteiger partial charge in [0, 0.05) is 31.5 Å². The smallest absolute Gasteiger partial charge is 0.303 e. The van der Waals surface area contributed by atoms with Gasteiger partial charge in [-0.25, -0.2) is 0 Å². The van der Waals surface area contributed by atoms with Gasteiger partial charge in [-0.2, -0.15) is 0 Å². The molecule has 0 fully saturated rings. The SMILES string of the molecule is CC(=O)N[C@@H](CCC(=O)O)C(=O)Nc1c(C(=O)N[C@H](CCCN=C(N)N)C(N)=O)cnc2ccccc12. The van der Waals surface area contributed by atoms with E-state index in [2.05, 4.69) is 25.9 Å². The van der Waals surface area contributed by atoms with Gasteiger partial charge in [0.15, 0.2) is 5.96 Å². The molecule has 37 heavy (non-hydrogen) atoms. The molecule has 1 heterocycles. The molecule has 2 rings (SSSR count). The van der Waals surface area contributed by atoms with E-state index in [0.29, 0.717) is 17.3 Å². The first-order chi connectivity index (χ1) is 17.5. The second-order valence-corrected chi connectivity index (χ2v) is 8.12. The van der Waals surface area contributed by atoms with Gasteiger partial charge < -0.3 is 38.3 Å². The molecule has 198 valence electrons. The molecule has 1 aromatic heterocycles. The van der Waals surface area contributed by atoms with Crippen LogP contribution in [0.3, 0.4) is 0 Å². The van der Waals surface area contributed by atoms with Crippen molar-refractivity contribution in [3.63, 3.8) is 0 Å². The molecule has 0 spiro atoms. The van der Waals surface area contributed by atoms with Crippen LogP contribution in [-0.4, -0.2) is 64.3 Å². The third-order valence-corrected chi connectivity index (χ3v) is 5.20. The lowest BCUT2D eigenvalue weighted by Crippen LogP contribution is -2.45. The molecule has 0 aliphatic rings. The molecule has 0 saturated carbocycles. The van der Waals surface area contributed by atoms with Crippen molar-refractivity contribution in [2.75, 3.05) is 11.9 Å². The standard InChI is InChI=1S/C23H30N8O6/c1-12(32)29-17(8-9-18(33)34)22(37)31-19-13-5-2-3-6-15(13)28-11-14(19)21(36)30-16(20(24)35)7-4-10-27-23(25)26/h2-3,5-6,11,16-17H,4,7-10H2,1H3,(H2,24,35)(H,29,32)(H,30,36)(H,33,34)(H4,25,26,27)(H,28,31,37)/t16-,17+/m1/s1. The van der Waals surface area contributed by atoms with Gasteiger partial charge in [-0.15, -0.1) is 0 Å². The number of nitrogens with two attached hydrogens (primary N) is 3. The van der Waals surface area contributed by atoms with Gasteiger partial charge >= 0.3 is 5.97 Å². The van der Waals surface area contributed by atoms with E-state index >= 15 is 0 Å². The van der Waals surface area contributed by atoms with Crippen molar-refractivity contribution in [3.8, 4) is 0 Å². The number of pyridine rings is 1. The molecule has 0 aliphatic heterocycles. The summed E-state index contributed by atoms with van der Waals surface area (Å²) < 4.78 is 0. The highest BCUT2D eigenvalue weighted by Crippen LogP contribution is 2.26. The molecular weight excluding hydrogens is 484 g/mol. The molecule has 0 saturated heterocycles. The van der Waals surface area contributed by atoms with E-state index in [1.54, 1.807) is 24.3 Å². The fourth-order valence-electron chi connectivity index (χ4n) is 3.47. The van der Waals surface area contributed by atoms with Crippen LogP contribution < -0.4 is 33.2 Å². The first kappa shape index (κ1) is 28.5. The number of benzene rings is 1. The van der Waals surface area contributed by atoms with Crippen LogP contribution in [0.1, 0.15) is 43.0 Å². The summed E-state index contributed by atoms with van der Waals surface area (Å²) in [5, 5.41) is 17.0. The van der Waals surface area contributed by atoms with Gasteiger partial charge in [-0.05, 0) is 25.3 Å². The number of nitrogens with one attached hydrogen (secondary N) is 3. The van der Waals surface area contributed by atoms with E-state index in [1.165, 1.54) is 13.1 Å². The van der Waals surface area contributed by atoms with Crippen LogP contribution in [0.25, 0.3) is 10.9 Å². The second kappa shape index (κ2) is 13.4. The molecule has 0 aliphatic carbocycles. The zero-order valence-electron chi connectivity index (χ0n) is 20.2. The highest BCUT2D eigenvalue weighted by molar-refractivity contribution is 6.13. The number of carbonyl (C=O) groups excluding carboxylic acids is 4. The van der Waals surface area contributed by atoms with E-state index in [-0.39, 0.29) is 43.0 Å². The van der Waals surface area contributed by atoms with Crippen LogP contribution in [0.4, 0.5) is 5.69 Å². The number of rotatable bonds is 13. The quantitative estimate of drug-likeness (QED) is 0.100. The second-order valence-electron chi connectivity index (χ2n) is 8.12. The average Bonchev–Trinajstić information content (AvgIpc) is 2.82. The summed E-state index contributed by atoms with van der Waals surface area (Å²) in [5.41, 5.74) is 16.5. The number of anilines is 1. The Morgan fingerprint density at radius 3 is 2.35 bits per heavy atom. The normalized spacial score (nSPS) is 12.1. The number of guanidine groups is 1. The number of aliphatic carboxylic acids is 1. The summed E-state index contributed by atoms with van der Waals surface area (Å²) >= 11 is 0. The van der Waals surface area contributed by atoms with Crippen LogP contribution in [0.15, 0.2) is 35.5 Å². The van der Waals surface area contributed by atoms with Crippen LogP contribution in [0.5, 0.6) is 0 Å². The van der Waals surface area contributed by atoms with Crippen molar-refractivity contribution >= 4 is 52.1 Å². The number of para-hydroxylation sites is 1. The third-order valence-electron chi connectivity index (χ3n) is 5.20. The number of hydrogen-bond donors (Lipinski definition) is 7.